The molecular formula is C30H30Br2S4. The number of aryl methyl sites for hydroxylation is 1. The van der Waals surface area contributed by atoms with E-state index in [1.54, 1.807) is 0 Å². The monoisotopic (exact) mass is 676 g/mol. The number of hydrogen-bond acceptors (Lipinski definition) is 4. The van der Waals surface area contributed by atoms with E-state index in [1.165, 1.54) is 98.8 Å². The van der Waals surface area contributed by atoms with E-state index in [0.29, 0.717) is 0 Å². The zero-order chi connectivity index (χ0) is 24.9. The van der Waals surface area contributed by atoms with Crippen molar-refractivity contribution in [1.29, 1.82) is 0 Å². The van der Waals surface area contributed by atoms with Crippen LogP contribution in [0.5, 0.6) is 0 Å². The van der Waals surface area contributed by atoms with E-state index in [4.69, 9.17) is 0 Å². The lowest BCUT2D eigenvalue weighted by Gasteiger charge is -2.04. The van der Waals surface area contributed by atoms with E-state index in [0.717, 1.165) is 12.8 Å². The van der Waals surface area contributed by atoms with E-state index in [-0.39, 0.29) is 0 Å². The van der Waals surface area contributed by atoms with E-state index in [2.05, 4.69) is 92.7 Å². The molecule has 0 spiro atoms. The summed E-state index contributed by atoms with van der Waals surface area (Å²) < 4.78 is 5.31. The molecule has 0 atom stereocenters. The molecule has 4 heterocycles. The van der Waals surface area contributed by atoms with Crippen LogP contribution in [0.15, 0.2) is 62.9 Å². The van der Waals surface area contributed by atoms with Crippen molar-refractivity contribution in [2.24, 2.45) is 0 Å². The average Bonchev–Trinajstić information content (AvgIpc) is 3.63. The molecule has 0 aliphatic heterocycles. The summed E-state index contributed by atoms with van der Waals surface area (Å²) in [7, 11) is 0. The topological polar surface area (TPSA) is 0 Å². The molecular weight excluding hydrogens is 648 g/mol. The summed E-state index contributed by atoms with van der Waals surface area (Å²) in [4.78, 5) is 7.08. The van der Waals surface area contributed by atoms with Crippen molar-refractivity contribution < 1.29 is 0 Å². The van der Waals surface area contributed by atoms with Gasteiger partial charge in [-0.05, 0) is 85.5 Å². The molecule has 0 radical (unpaired) electrons. The number of benzene rings is 1. The standard InChI is InChI=1S/C30H30Br2S4/c1-2-3-4-5-6-7-8-20-9-11-21(12-10-20)26-19-25(32)28(36-26)16-23-18-30-29(35-23)17-22(34-30)15-27-24(31)13-14-33-27/h9-14,17-19H,2-8,15-16H2,1H3. The van der Waals surface area contributed by atoms with Crippen molar-refractivity contribution in [2.75, 3.05) is 0 Å². The Hall–Kier alpha value is -0.760. The van der Waals surface area contributed by atoms with E-state index < -0.39 is 0 Å². The molecule has 0 saturated carbocycles. The van der Waals surface area contributed by atoms with Gasteiger partial charge in [0, 0.05) is 55.6 Å². The van der Waals surface area contributed by atoms with Crippen LogP contribution in [-0.2, 0) is 19.3 Å². The fourth-order valence-corrected chi connectivity index (χ4v) is 10.5. The quantitative estimate of drug-likeness (QED) is 0.115. The molecule has 5 rings (SSSR count). The third kappa shape index (κ3) is 6.81. The maximum atomic E-state index is 3.85. The Morgan fingerprint density at radius 3 is 2.00 bits per heavy atom. The summed E-state index contributed by atoms with van der Waals surface area (Å²) in [5.41, 5.74) is 2.80. The molecule has 0 aliphatic rings. The zero-order valence-electron chi connectivity index (χ0n) is 20.4. The van der Waals surface area contributed by atoms with Crippen molar-refractivity contribution in [3.63, 3.8) is 0 Å². The zero-order valence-corrected chi connectivity index (χ0v) is 26.9. The van der Waals surface area contributed by atoms with Crippen LogP contribution in [-0.4, -0.2) is 0 Å². The highest BCUT2D eigenvalue weighted by Gasteiger charge is 2.14. The maximum Gasteiger partial charge on any atom is 0.0456 e. The number of rotatable bonds is 12. The molecule has 5 aromatic rings. The maximum absolute atomic E-state index is 3.85. The van der Waals surface area contributed by atoms with Crippen LogP contribution in [0.2, 0.25) is 0 Å². The molecule has 0 unspecified atom stereocenters. The second-order valence-corrected chi connectivity index (χ2v) is 15.5. The average molecular weight is 679 g/mol. The molecule has 0 N–H and O–H groups in total. The summed E-state index contributed by atoms with van der Waals surface area (Å²) in [5, 5.41) is 2.16. The van der Waals surface area contributed by atoms with Gasteiger partial charge in [-0.15, -0.1) is 45.3 Å². The van der Waals surface area contributed by atoms with Crippen molar-refractivity contribution >= 4 is 86.6 Å². The van der Waals surface area contributed by atoms with Crippen LogP contribution in [0.25, 0.3) is 19.8 Å². The van der Waals surface area contributed by atoms with Gasteiger partial charge >= 0.3 is 0 Å². The second kappa shape index (κ2) is 12.9. The molecule has 0 fully saturated rings. The van der Waals surface area contributed by atoms with Crippen molar-refractivity contribution in [2.45, 2.75) is 64.7 Å². The van der Waals surface area contributed by atoms with Gasteiger partial charge in [0.05, 0.1) is 0 Å². The smallest absolute Gasteiger partial charge is 0.0456 e. The Morgan fingerprint density at radius 2 is 1.33 bits per heavy atom. The minimum absolute atomic E-state index is 0.999. The van der Waals surface area contributed by atoms with Crippen molar-refractivity contribution in [3.05, 3.63) is 87.9 Å². The van der Waals surface area contributed by atoms with Crippen LogP contribution in [0.3, 0.4) is 0 Å². The number of halogens is 2. The molecule has 1 aromatic carbocycles. The predicted molar refractivity (Wildman–Crippen MR) is 172 cm³/mol. The molecule has 0 saturated heterocycles. The molecule has 6 heteroatoms. The normalized spacial score (nSPS) is 11.6. The lowest BCUT2D eigenvalue weighted by Crippen LogP contribution is -1.86. The molecule has 0 bridgehead atoms. The number of hydrogen-bond donors (Lipinski definition) is 0. The first-order valence-electron chi connectivity index (χ1n) is 12.7. The first-order valence-corrected chi connectivity index (χ1v) is 17.6. The Labute approximate surface area is 247 Å². The number of unbranched alkanes of at least 4 members (excludes halogenated alkanes) is 5. The third-order valence-electron chi connectivity index (χ3n) is 6.48. The Kier molecular flexibility index (Phi) is 9.58. The van der Waals surface area contributed by atoms with Gasteiger partial charge in [0.25, 0.3) is 0 Å². The highest BCUT2D eigenvalue weighted by atomic mass is 79.9. The SMILES string of the molecule is CCCCCCCCc1ccc(-c2cc(Br)c(Cc3cc4sc(Cc5sccc5Br)cc4s3)s2)cc1. The first-order chi connectivity index (χ1) is 17.6. The van der Waals surface area contributed by atoms with Gasteiger partial charge in [-0.1, -0.05) is 63.3 Å². The van der Waals surface area contributed by atoms with Crippen molar-refractivity contribution in [1.82, 2.24) is 0 Å². The minimum Gasteiger partial charge on any atom is -0.147 e. The Balaban J connectivity index is 1.19. The van der Waals surface area contributed by atoms with E-state index in [9.17, 15) is 0 Å². The molecule has 4 aromatic heterocycles. The third-order valence-corrected chi connectivity index (χ3v) is 12.9. The highest BCUT2D eigenvalue weighted by molar-refractivity contribution is 9.10. The van der Waals surface area contributed by atoms with Crippen LogP contribution in [0, 0.1) is 0 Å². The van der Waals surface area contributed by atoms with Gasteiger partial charge in [0.15, 0.2) is 0 Å². The summed E-state index contributed by atoms with van der Waals surface area (Å²) in [6.45, 7) is 2.28. The summed E-state index contributed by atoms with van der Waals surface area (Å²) in [5.74, 6) is 0. The Bertz CT molecular complexity index is 1370. The van der Waals surface area contributed by atoms with Crippen LogP contribution in [0.4, 0.5) is 0 Å². The molecule has 0 amide bonds. The van der Waals surface area contributed by atoms with Gasteiger partial charge in [0.1, 0.15) is 0 Å². The summed E-state index contributed by atoms with van der Waals surface area (Å²) >= 11 is 15.2. The lowest BCUT2D eigenvalue weighted by molar-refractivity contribution is 0.607. The van der Waals surface area contributed by atoms with E-state index >= 15 is 0 Å². The van der Waals surface area contributed by atoms with Gasteiger partial charge in [0.2, 0.25) is 0 Å². The van der Waals surface area contributed by atoms with Crippen molar-refractivity contribution in [3.8, 4) is 10.4 Å². The minimum atomic E-state index is 0.999. The lowest BCUT2D eigenvalue weighted by atomic mass is 10.0. The number of thiophene rings is 4. The fraction of sp³-hybridized carbons (Fsp3) is 0.333. The predicted octanol–water partition coefficient (Wildman–Crippen LogP) is 12.4. The second-order valence-electron chi connectivity index (χ2n) is 9.30. The molecule has 0 nitrogen and oxygen atoms in total. The van der Waals surface area contributed by atoms with Gasteiger partial charge in [-0.2, -0.15) is 0 Å². The largest absolute Gasteiger partial charge is 0.147 e. The highest BCUT2D eigenvalue weighted by Crippen LogP contribution is 2.40. The fourth-order valence-electron chi connectivity index (χ4n) is 4.49. The molecule has 36 heavy (non-hydrogen) atoms. The molecule has 0 aliphatic carbocycles. The van der Waals surface area contributed by atoms with Crippen LogP contribution >= 0.6 is 77.2 Å². The summed E-state index contributed by atoms with van der Waals surface area (Å²) in [6.07, 6.45) is 11.4. The first kappa shape index (κ1) is 26.8. The Morgan fingerprint density at radius 1 is 0.667 bits per heavy atom. The van der Waals surface area contributed by atoms with E-state index in [1.807, 2.05) is 45.3 Å². The van der Waals surface area contributed by atoms with Crippen LogP contribution < -0.4 is 0 Å². The molecule has 188 valence electrons. The summed E-state index contributed by atoms with van der Waals surface area (Å²) in [6, 6.07) is 18.5. The van der Waals surface area contributed by atoms with Gasteiger partial charge in [-0.3, -0.25) is 0 Å². The van der Waals surface area contributed by atoms with Crippen LogP contribution in [0.1, 0.15) is 70.5 Å². The van der Waals surface area contributed by atoms with Gasteiger partial charge < -0.3 is 0 Å². The number of fused-ring (bicyclic) bond motifs is 1. The van der Waals surface area contributed by atoms with Gasteiger partial charge in [-0.25, -0.2) is 0 Å².